The number of nitrogens with zero attached hydrogens (tertiary/aromatic N) is 1. The minimum atomic E-state index is -0.544. The van der Waals surface area contributed by atoms with E-state index in [1.54, 1.807) is 38.5 Å². The summed E-state index contributed by atoms with van der Waals surface area (Å²) in [4.78, 5) is 27.3. The molecule has 0 radical (unpaired) electrons. The zero-order valence-electron chi connectivity index (χ0n) is 17.1. The molecule has 7 heteroatoms. The molecule has 1 spiro atoms. The molecule has 30 heavy (non-hydrogen) atoms. The molecule has 6 nitrogen and oxygen atoms in total. The Bertz CT molecular complexity index is 982. The summed E-state index contributed by atoms with van der Waals surface area (Å²) in [6, 6.07) is 10.6. The molecule has 2 aromatic carbocycles. The van der Waals surface area contributed by atoms with E-state index < -0.39 is 5.60 Å². The highest BCUT2D eigenvalue weighted by Gasteiger charge is 2.43. The van der Waals surface area contributed by atoms with Gasteiger partial charge < -0.3 is 19.1 Å². The Labute approximate surface area is 180 Å². The predicted molar refractivity (Wildman–Crippen MR) is 113 cm³/mol. The lowest BCUT2D eigenvalue weighted by Gasteiger charge is -2.44. The highest BCUT2D eigenvalue weighted by Crippen LogP contribution is 2.40. The van der Waals surface area contributed by atoms with Crippen molar-refractivity contribution in [1.29, 1.82) is 0 Å². The molecule has 2 aromatic rings. The van der Waals surface area contributed by atoms with E-state index in [1.807, 2.05) is 17.0 Å². The molecule has 0 N–H and O–H groups in total. The number of methoxy groups -OCH3 is 2. The van der Waals surface area contributed by atoms with Gasteiger partial charge in [0.05, 0.1) is 32.6 Å². The Kier molecular flexibility index (Phi) is 5.60. The molecule has 0 unspecified atom stereocenters. The van der Waals surface area contributed by atoms with Crippen LogP contribution in [0.1, 0.15) is 35.2 Å². The highest BCUT2D eigenvalue weighted by atomic mass is 35.5. The fourth-order valence-corrected chi connectivity index (χ4v) is 4.36. The van der Waals surface area contributed by atoms with Crippen molar-refractivity contribution in [2.45, 2.75) is 31.3 Å². The van der Waals surface area contributed by atoms with Crippen molar-refractivity contribution < 1.29 is 23.8 Å². The average Bonchev–Trinajstić information content (AvgIpc) is 2.74. The minimum Gasteiger partial charge on any atom is -0.493 e. The Balaban J connectivity index is 1.40. The summed E-state index contributed by atoms with van der Waals surface area (Å²) in [5, 5.41) is 0.525. The Morgan fingerprint density at radius 3 is 2.53 bits per heavy atom. The summed E-state index contributed by atoms with van der Waals surface area (Å²) in [7, 11) is 3.16. The third-order valence-corrected chi connectivity index (χ3v) is 6.12. The monoisotopic (exact) mass is 429 g/mol. The lowest BCUT2D eigenvalue weighted by atomic mass is 9.82. The van der Waals surface area contributed by atoms with Crippen LogP contribution in [0.4, 0.5) is 0 Å². The van der Waals surface area contributed by atoms with Crippen LogP contribution in [0.5, 0.6) is 17.2 Å². The van der Waals surface area contributed by atoms with Crippen molar-refractivity contribution in [2.75, 3.05) is 27.3 Å². The van der Waals surface area contributed by atoms with Gasteiger partial charge in [-0.15, -0.1) is 0 Å². The van der Waals surface area contributed by atoms with Crippen molar-refractivity contribution in [2.24, 2.45) is 0 Å². The first-order valence-corrected chi connectivity index (χ1v) is 10.3. The number of ketones is 1. The van der Waals surface area contributed by atoms with E-state index in [2.05, 4.69) is 0 Å². The van der Waals surface area contributed by atoms with Gasteiger partial charge in [-0.25, -0.2) is 0 Å². The van der Waals surface area contributed by atoms with E-state index in [-0.39, 0.29) is 18.1 Å². The van der Waals surface area contributed by atoms with Crippen LogP contribution in [0, 0.1) is 0 Å². The normalized spacial score (nSPS) is 17.3. The topological polar surface area (TPSA) is 65.1 Å². The Morgan fingerprint density at radius 2 is 1.83 bits per heavy atom. The summed E-state index contributed by atoms with van der Waals surface area (Å²) in [5.41, 5.74) is 0.866. The predicted octanol–water partition coefficient (Wildman–Crippen LogP) is 3.93. The molecule has 0 bridgehead atoms. The highest BCUT2D eigenvalue weighted by molar-refractivity contribution is 6.31. The van der Waals surface area contributed by atoms with Crippen molar-refractivity contribution in [3.63, 3.8) is 0 Å². The van der Waals surface area contributed by atoms with Gasteiger partial charge in [-0.05, 0) is 35.9 Å². The maximum atomic E-state index is 12.8. The first-order valence-electron chi connectivity index (χ1n) is 9.93. The number of fused-ring (bicyclic) bond motifs is 1. The summed E-state index contributed by atoms with van der Waals surface area (Å²) in [6.45, 7) is 1.12. The number of hydrogen-bond donors (Lipinski definition) is 0. The first kappa shape index (κ1) is 20.5. The molecule has 158 valence electrons. The van der Waals surface area contributed by atoms with E-state index in [1.165, 1.54) is 0 Å². The summed E-state index contributed by atoms with van der Waals surface area (Å²) < 4.78 is 16.8. The van der Waals surface area contributed by atoms with Gasteiger partial charge in [0.2, 0.25) is 5.91 Å². The van der Waals surface area contributed by atoms with Gasteiger partial charge in [-0.3, -0.25) is 9.59 Å². The number of Topliss-reactive ketones (excluding diaryl/α,β-unsaturated/α-hetero) is 1. The SMILES string of the molecule is COc1ccc(CC(=O)N2CCC3(CC2)CC(=O)c2cc(Cl)ccc2O3)cc1OC. The summed E-state index contributed by atoms with van der Waals surface area (Å²) in [5.74, 6) is 1.92. The van der Waals surface area contributed by atoms with Crippen LogP contribution in [0.2, 0.25) is 5.02 Å². The van der Waals surface area contributed by atoms with E-state index in [9.17, 15) is 9.59 Å². The zero-order valence-corrected chi connectivity index (χ0v) is 17.8. The van der Waals surface area contributed by atoms with Crippen LogP contribution in [-0.4, -0.2) is 49.5 Å². The van der Waals surface area contributed by atoms with E-state index >= 15 is 0 Å². The molecule has 1 saturated heterocycles. The van der Waals surface area contributed by atoms with Gasteiger partial charge in [0.25, 0.3) is 0 Å². The summed E-state index contributed by atoms with van der Waals surface area (Å²) in [6.07, 6.45) is 1.85. The maximum absolute atomic E-state index is 12.8. The number of carbonyl (C=O) groups excluding carboxylic acids is 2. The van der Waals surface area contributed by atoms with Gasteiger partial charge in [0.1, 0.15) is 11.4 Å². The largest absolute Gasteiger partial charge is 0.493 e. The molecule has 2 heterocycles. The molecule has 0 atom stereocenters. The van der Waals surface area contributed by atoms with Gasteiger partial charge in [-0.1, -0.05) is 17.7 Å². The zero-order chi connectivity index (χ0) is 21.3. The molecule has 0 saturated carbocycles. The minimum absolute atomic E-state index is 0.0452. The number of halogens is 1. The average molecular weight is 430 g/mol. The van der Waals surface area contributed by atoms with Gasteiger partial charge in [-0.2, -0.15) is 0 Å². The molecule has 4 rings (SSSR count). The number of likely N-dealkylation sites (tertiary alicyclic amines) is 1. The lowest BCUT2D eigenvalue weighted by molar-refractivity contribution is -0.134. The van der Waals surface area contributed by atoms with Crippen LogP contribution in [0.3, 0.4) is 0 Å². The second-order valence-electron chi connectivity index (χ2n) is 7.77. The third kappa shape index (κ3) is 3.97. The van der Waals surface area contributed by atoms with E-state index in [0.717, 1.165) is 5.56 Å². The van der Waals surface area contributed by atoms with Crippen LogP contribution >= 0.6 is 11.6 Å². The molecule has 0 aliphatic carbocycles. The number of hydrogen-bond acceptors (Lipinski definition) is 5. The number of carbonyl (C=O) groups is 2. The Morgan fingerprint density at radius 1 is 1.10 bits per heavy atom. The second-order valence-corrected chi connectivity index (χ2v) is 8.21. The molecule has 0 aromatic heterocycles. The number of ether oxygens (including phenoxy) is 3. The molecule has 1 amide bonds. The molecule has 1 fully saturated rings. The summed E-state index contributed by atoms with van der Waals surface area (Å²) >= 11 is 6.01. The van der Waals surface area contributed by atoms with E-state index in [0.29, 0.717) is 60.2 Å². The van der Waals surface area contributed by atoms with Gasteiger partial charge in [0, 0.05) is 31.0 Å². The van der Waals surface area contributed by atoms with Crippen molar-refractivity contribution in [1.82, 2.24) is 4.90 Å². The lowest BCUT2D eigenvalue weighted by Crippen LogP contribution is -2.52. The standard InChI is InChI=1S/C23H24ClNO5/c1-28-20-5-3-15(11-21(20)29-2)12-22(27)25-9-7-23(8-10-25)14-18(26)17-13-16(24)4-6-19(17)30-23/h3-6,11,13H,7-10,12,14H2,1-2H3. The van der Waals surface area contributed by atoms with Crippen LogP contribution < -0.4 is 14.2 Å². The molecular weight excluding hydrogens is 406 g/mol. The van der Waals surface area contributed by atoms with Crippen LogP contribution in [0.25, 0.3) is 0 Å². The van der Waals surface area contributed by atoms with Crippen molar-refractivity contribution in [3.05, 3.63) is 52.5 Å². The molecule has 2 aliphatic heterocycles. The number of piperidine rings is 1. The first-order chi connectivity index (χ1) is 14.4. The van der Waals surface area contributed by atoms with Gasteiger partial charge in [0.15, 0.2) is 17.3 Å². The van der Waals surface area contributed by atoms with Crippen molar-refractivity contribution >= 4 is 23.3 Å². The number of rotatable bonds is 4. The fourth-order valence-electron chi connectivity index (χ4n) is 4.19. The fraction of sp³-hybridized carbons (Fsp3) is 0.391. The Hall–Kier alpha value is -2.73. The number of benzene rings is 2. The second kappa shape index (κ2) is 8.19. The number of amides is 1. The third-order valence-electron chi connectivity index (χ3n) is 5.88. The maximum Gasteiger partial charge on any atom is 0.226 e. The van der Waals surface area contributed by atoms with Crippen LogP contribution in [0.15, 0.2) is 36.4 Å². The van der Waals surface area contributed by atoms with Gasteiger partial charge >= 0.3 is 0 Å². The van der Waals surface area contributed by atoms with Crippen molar-refractivity contribution in [3.8, 4) is 17.2 Å². The molecule has 2 aliphatic rings. The molecular formula is C23H24ClNO5. The smallest absolute Gasteiger partial charge is 0.226 e. The van der Waals surface area contributed by atoms with Crippen LogP contribution in [-0.2, 0) is 11.2 Å². The van der Waals surface area contributed by atoms with E-state index in [4.69, 9.17) is 25.8 Å². The quantitative estimate of drug-likeness (QED) is 0.736.